The van der Waals surface area contributed by atoms with Crippen LogP contribution in [0.25, 0.3) is 0 Å². The number of anilines is 1. The summed E-state index contributed by atoms with van der Waals surface area (Å²) in [5, 5.41) is 4.28. The molecule has 7 nitrogen and oxygen atoms in total. The molecule has 0 unspecified atom stereocenters. The number of rotatable bonds is 9. The first kappa shape index (κ1) is 18.5. The fourth-order valence-electron chi connectivity index (χ4n) is 2.20. The van der Waals surface area contributed by atoms with E-state index >= 15 is 0 Å². The summed E-state index contributed by atoms with van der Waals surface area (Å²) >= 11 is 0. The van der Waals surface area contributed by atoms with Crippen LogP contribution in [0.5, 0.6) is 5.75 Å². The van der Waals surface area contributed by atoms with Gasteiger partial charge in [0, 0.05) is 6.42 Å². The standard InChI is InChI=1S/C18H24N4O3/c1-3-24-17(23)9-4-5-10-25-16-8-6-7-15(11-16)12-20-22-13-14(2)21-18(22)19/h6-8,11-13H,3-5,9-10H2,1-2H3,(H2,19,21). The number of aryl methyl sites for hydroxylation is 1. The molecule has 1 aromatic carbocycles. The number of nitrogens with zero attached hydrogens (tertiary/aromatic N) is 3. The van der Waals surface area contributed by atoms with Crippen LogP contribution in [-0.2, 0) is 9.53 Å². The Labute approximate surface area is 147 Å². The van der Waals surface area contributed by atoms with Gasteiger partial charge in [-0.15, -0.1) is 0 Å². The average molecular weight is 344 g/mol. The van der Waals surface area contributed by atoms with Gasteiger partial charge in [-0.05, 0) is 44.4 Å². The highest BCUT2D eigenvalue weighted by Gasteiger charge is 2.02. The van der Waals surface area contributed by atoms with E-state index in [0.717, 1.165) is 29.8 Å². The second-order valence-corrected chi connectivity index (χ2v) is 5.51. The van der Waals surface area contributed by atoms with Crippen molar-refractivity contribution in [1.82, 2.24) is 9.66 Å². The maximum atomic E-state index is 11.2. The second-order valence-electron chi connectivity index (χ2n) is 5.51. The van der Waals surface area contributed by atoms with E-state index in [1.807, 2.05) is 31.2 Å². The summed E-state index contributed by atoms with van der Waals surface area (Å²) in [6, 6.07) is 7.61. The number of nitrogen functional groups attached to an aromatic ring is 1. The monoisotopic (exact) mass is 344 g/mol. The zero-order valence-electron chi connectivity index (χ0n) is 14.6. The van der Waals surface area contributed by atoms with Gasteiger partial charge in [0.05, 0.1) is 31.3 Å². The number of unbranched alkanes of at least 4 members (excludes halogenated alkanes) is 1. The van der Waals surface area contributed by atoms with E-state index in [2.05, 4.69) is 10.1 Å². The summed E-state index contributed by atoms with van der Waals surface area (Å²) in [6.45, 7) is 4.64. The molecule has 134 valence electrons. The molecule has 0 amide bonds. The van der Waals surface area contributed by atoms with Crippen molar-refractivity contribution in [2.45, 2.75) is 33.1 Å². The van der Waals surface area contributed by atoms with Gasteiger partial charge in [-0.1, -0.05) is 12.1 Å². The third kappa shape index (κ3) is 6.29. The van der Waals surface area contributed by atoms with Gasteiger partial charge in [0.25, 0.3) is 0 Å². The van der Waals surface area contributed by atoms with Gasteiger partial charge >= 0.3 is 5.97 Å². The van der Waals surface area contributed by atoms with E-state index in [0.29, 0.717) is 25.6 Å². The summed E-state index contributed by atoms with van der Waals surface area (Å²) in [4.78, 5) is 15.3. The molecule has 0 aliphatic heterocycles. The Hall–Kier alpha value is -2.83. The Morgan fingerprint density at radius 1 is 1.40 bits per heavy atom. The Morgan fingerprint density at radius 3 is 2.96 bits per heavy atom. The van der Waals surface area contributed by atoms with Gasteiger partial charge in [-0.25, -0.2) is 9.66 Å². The van der Waals surface area contributed by atoms with Crippen LogP contribution in [0.3, 0.4) is 0 Å². The highest BCUT2D eigenvalue weighted by molar-refractivity contribution is 5.80. The molecule has 2 N–H and O–H groups in total. The van der Waals surface area contributed by atoms with Crippen molar-refractivity contribution >= 4 is 18.1 Å². The molecule has 2 aromatic rings. The van der Waals surface area contributed by atoms with Crippen LogP contribution in [0.15, 0.2) is 35.6 Å². The van der Waals surface area contributed by atoms with Crippen LogP contribution in [0.4, 0.5) is 5.95 Å². The van der Waals surface area contributed by atoms with E-state index in [9.17, 15) is 4.79 Å². The topological polar surface area (TPSA) is 91.7 Å². The van der Waals surface area contributed by atoms with Crippen molar-refractivity contribution < 1.29 is 14.3 Å². The number of carbonyl (C=O) groups is 1. The van der Waals surface area contributed by atoms with Crippen LogP contribution >= 0.6 is 0 Å². The number of ether oxygens (including phenoxy) is 2. The molecule has 0 fully saturated rings. The van der Waals surface area contributed by atoms with Gasteiger partial charge in [0.15, 0.2) is 0 Å². The van der Waals surface area contributed by atoms with Gasteiger partial charge in [-0.3, -0.25) is 4.79 Å². The SMILES string of the molecule is CCOC(=O)CCCCOc1cccc(C=Nn2cc(C)nc2N)c1. The second kappa shape index (κ2) is 9.46. The molecule has 0 radical (unpaired) electrons. The molecule has 1 heterocycles. The molecule has 0 saturated heterocycles. The Morgan fingerprint density at radius 2 is 2.24 bits per heavy atom. The van der Waals surface area contributed by atoms with Crippen molar-refractivity contribution in [2.75, 3.05) is 18.9 Å². The quantitative estimate of drug-likeness (QED) is 0.429. The van der Waals surface area contributed by atoms with E-state index in [1.54, 1.807) is 19.3 Å². The Bertz CT molecular complexity index is 725. The zero-order valence-corrected chi connectivity index (χ0v) is 14.6. The van der Waals surface area contributed by atoms with E-state index in [4.69, 9.17) is 15.2 Å². The van der Waals surface area contributed by atoms with E-state index < -0.39 is 0 Å². The number of esters is 1. The van der Waals surface area contributed by atoms with E-state index in [1.165, 1.54) is 4.68 Å². The van der Waals surface area contributed by atoms with Gasteiger partial charge in [-0.2, -0.15) is 5.10 Å². The lowest BCUT2D eigenvalue weighted by molar-refractivity contribution is -0.143. The molecule has 0 atom stereocenters. The predicted octanol–water partition coefficient (Wildman–Crippen LogP) is 2.77. The minimum Gasteiger partial charge on any atom is -0.494 e. The molecule has 0 aliphatic carbocycles. The molecule has 0 bridgehead atoms. The van der Waals surface area contributed by atoms with Crippen LogP contribution < -0.4 is 10.5 Å². The smallest absolute Gasteiger partial charge is 0.305 e. The average Bonchev–Trinajstić information content (AvgIpc) is 2.91. The number of nitrogens with two attached hydrogens (primary N) is 1. The first-order valence-electron chi connectivity index (χ1n) is 8.32. The van der Waals surface area contributed by atoms with Crippen LogP contribution in [0.1, 0.15) is 37.4 Å². The molecule has 7 heteroatoms. The van der Waals surface area contributed by atoms with Gasteiger partial charge in [0.2, 0.25) is 5.95 Å². The summed E-state index contributed by atoms with van der Waals surface area (Å²) in [7, 11) is 0. The molecule has 0 saturated carbocycles. The lowest BCUT2D eigenvalue weighted by Gasteiger charge is -2.06. The van der Waals surface area contributed by atoms with Crippen LogP contribution in [-0.4, -0.2) is 35.1 Å². The number of benzene rings is 1. The summed E-state index contributed by atoms with van der Waals surface area (Å²) in [5.74, 6) is 0.951. The van der Waals surface area contributed by atoms with Crippen molar-refractivity contribution in [3.63, 3.8) is 0 Å². The molecule has 1 aromatic heterocycles. The minimum absolute atomic E-state index is 0.158. The highest BCUT2D eigenvalue weighted by atomic mass is 16.5. The third-order valence-corrected chi connectivity index (χ3v) is 3.37. The number of imidazole rings is 1. The first-order chi connectivity index (χ1) is 12.1. The fourth-order valence-corrected chi connectivity index (χ4v) is 2.20. The minimum atomic E-state index is -0.158. The molecule has 2 rings (SSSR count). The van der Waals surface area contributed by atoms with Crippen LogP contribution in [0.2, 0.25) is 0 Å². The Balaban J connectivity index is 1.81. The van der Waals surface area contributed by atoms with Crippen molar-refractivity contribution in [1.29, 1.82) is 0 Å². The van der Waals surface area contributed by atoms with Crippen molar-refractivity contribution in [3.05, 3.63) is 41.7 Å². The zero-order chi connectivity index (χ0) is 18.1. The number of carbonyl (C=O) groups excluding carboxylic acids is 1. The fraction of sp³-hybridized carbons (Fsp3) is 0.389. The third-order valence-electron chi connectivity index (χ3n) is 3.37. The Kier molecular flexibility index (Phi) is 7.00. The molecule has 25 heavy (non-hydrogen) atoms. The lowest BCUT2D eigenvalue weighted by atomic mass is 10.2. The molecule has 0 aliphatic rings. The van der Waals surface area contributed by atoms with Crippen LogP contribution in [0, 0.1) is 6.92 Å². The lowest BCUT2D eigenvalue weighted by Crippen LogP contribution is -2.05. The first-order valence-corrected chi connectivity index (χ1v) is 8.32. The van der Waals surface area contributed by atoms with Gasteiger partial charge < -0.3 is 15.2 Å². The van der Waals surface area contributed by atoms with E-state index in [-0.39, 0.29) is 5.97 Å². The summed E-state index contributed by atoms with van der Waals surface area (Å²) in [6.07, 6.45) is 5.43. The number of hydrogen-bond acceptors (Lipinski definition) is 6. The molecular formula is C18H24N4O3. The highest BCUT2D eigenvalue weighted by Crippen LogP contribution is 2.13. The summed E-state index contributed by atoms with van der Waals surface area (Å²) < 4.78 is 12.1. The maximum absolute atomic E-state index is 11.2. The number of hydrogen-bond donors (Lipinski definition) is 1. The van der Waals surface area contributed by atoms with Gasteiger partial charge in [0.1, 0.15) is 5.75 Å². The molecule has 0 spiro atoms. The largest absolute Gasteiger partial charge is 0.494 e. The normalized spacial score (nSPS) is 11.0. The predicted molar refractivity (Wildman–Crippen MR) is 96.8 cm³/mol. The molecular weight excluding hydrogens is 320 g/mol. The maximum Gasteiger partial charge on any atom is 0.305 e. The summed E-state index contributed by atoms with van der Waals surface area (Å²) in [5.41, 5.74) is 7.46. The van der Waals surface area contributed by atoms with Crippen molar-refractivity contribution in [3.8, 4) is 5.75 Å². The van der Waals surface area contributed by atoms with Crippen molar-refractivity contribution in [2.24, 2.45) is 5.10 Å². The number of aromatic nitrogens is 2.